The van der Waals surface area contributed by atoms with Crippen LogP contribution in [-0.2, 0) is 9.59 Å². The fourth-order valence-electron chi connectivity index (χ4n) is 1.64. The maximum Gasteiger partial charge on any atom is 0.294 e. The lowest BCUT2D eigenvalue weighted by Gasteiger charge is -2.14. The van der Waals surface area contributed by atoms with Crippen LogP contribution in [0.5, 0.6) is 0 Å². The lowest BCUT2D eigenvalue weighted by atomic mass is 9.90. The van der Waals surface area contributed by atoms with Crippen LogP contribution in [0.15, 0.2) is 24.3 Å². The SMILES string of the molecule is CC(C)(C)C(=O)C(=O)Nc1nnc(-c2cccc([N+](=O)[O-])c2)s1. The molecule has 0 radical (unpaired) electrons. The molecule has 0 atom stereocenters. The van der Waals surface area contributed by atoms with Gasteiger partial charge in [0.15, 0.2) is 0 Å². The molecule has 1 heterocycles. The van der Waals surface area contributed by atoms with Gasteiger partial charge in [-0.1, -0.05) is 44.2 Å². The van der Waals surface area contributed by atoms with Crippen LogP contribution in [0.3, 0.4) is 0 Å². The van der Waals surface area contributed by atoms with Gasteiger partial charge in [-0.15, -0.1) is 10.2 Å². The zero-order valence-corrected chi connectivity index (χ0v) is 13.5. The third kappa shape index (κ3) is 3.95. The standard InChI is InChI=1S/C14H14N4O4S/c1-14(2,3)10(19)11(20)15-13-17-16-12(23-13)8-5-4-6-9(7-8)18(21)22/h4-7H,1-3H3,(H,15,17,20). The van der Waals surface area contributed by atoms with Crippen molar-refractivity contribution in [2.24, 2.45) is 5.41 Å². The monoisotopic (exact) mass is 334 g/mol. The second-order valence-electron chi connectivity index (χ2n) is 5.75. The number of nitrogens with zero attached hydrogens (tertiary/aromatic N) is 3. The molecule has 0 saturated carbocycles. The normalized spacial score (nSPS) is 11.1. The number of nitro groups is 1. The summed E-state index contributed by atoms with van der Waals surface area (Å²) in [5.41, 5.74) is -0.344. The third-order valence-corrected chi connectivity index (χ3v) is 3.72. The van der Waals surface area contributed by atoms with Crippen molar-refractivity contribution in [3.8, 4) is 10.6 Å². The van der Waals surface area contributed by atoms with E-state index in [1.165, 1.54) is 18.2 Å². The summed E-state index contributed by atoms with van der Waals surface area (Å²) in [6.45, 7) is 4.93. The number of hydrogen-bond donors (Lipinski definition) is 1. The number of aromatic nitrogens is 2. The number of hydrogen-bond acceptors (Lipinski definition) is 7. The van der Waals surface area contributed by atoms with E-state index in [2.05, 4.69) is 15.5 Å². The number of non-ortho nitro benzene ring substituents is 1. The van der Waals surface area contributed by atoms with Crippen molar-refractivity contribution in [1.82, 2.24) is 10.2 Å². The highest BCUT2D eigenvalue weighted by Crippen LogP contribution is 2.29. The molecule has 0 fully saturated rings. The van der Waals surface area contributed by atoms with Gasteiger partial charge in [0.1, 0.15) is 5.01 Å². The van der Waals surface area contributed by atoms with Crippen LogP contribution in [0.1, 0.15) is 20.8 Å². The van der Waals surface area contributed by atoms with E-state index in [1.807, 2.05) is 0 Å². The Morgan fingerprint density at radius 2 is 1.96 bits per heavy atom. The molecule has 0 aliphatic carbocycles. The Kier molecular flexibility index (Phi) is 4.50. The molecule has 23 heavy (non-hydrogen) atoms. The zero-order valence-electron chi connectivity index (χ0n) is 12.7. The van der Waals surface area contributed by atoms with Crippen LogP contribution >= 0.6 is 11.3 Å². The Labute approximate surface area is 135 Å². The van der Waals surface area contributed by atoms with Crippen LogP contribution in [-0.4, -0.2) is 26.8 Å². The fraction of sp³-hybridized carbons (Fsp3) is 0.286. The molecular formula is C14H14N4O4S. The molecule has 1 aromatic heterocycles. The summed E-state index contributed by atoms with van der Waals surface area (Å²) in [5.74, 6) is -1.33. The molecule has 0 unspecified atom stereocenters. The van der Waals surface area contributed by atoms with Crippen LogP contribution < -0.4 is 5.32 Å². The van der Waals surface area contributed by atoms with E-state index in [4.69, 9.17) is 0 Å². The van der Waals surface area contributed by atoms with E-state index in [9.17, 15) is 19.7 Å². The molecule has 0 saturated heterocycles. The Morgan fingerprint density at radius 1 is 1.26 bits per heavy atom. The van der Waals surface area contributed by atoms with Crippen LogP contribution in [0.25, 0.3) is 10.6 Å². The molecule has 1 aromatic carbocycles. The topological polar surface area (TPSA) is 115 Å². The predicted octanol–water partition coefficient (Wildman–Crippen LogP) is 2.67. The molecular weight excluding hydrogens is 320 g/mol. The highest BCUT2D eigenvalue weighted by Gasteiger charge is 2.28. The number of anilines is 1. The fourth-order valence-corrected chi connectivity index (χ4v) is 2.37. The summed E-state index contributed by atoms with van der Waals surface area (Å²) in [4.78, 5) is 33.9. The molecule has 1 N–H and O–H groups in total. The average molecular weight is 334 g/mol. The average Bonchev–Trinajstić information content (AvgIpc) is 2.94. The maximum absolute atomic E-state index is 11.8. The Hall–Kier alpha value is -2.68. The minimum atomic E-state index is -0.794. The van der Waals surface area contributed by atoms with Crippen LogP contribution in [0.4, 0.5) is 10.8 Å². The summed E-state index contributed by atoms with van der Waals surface area (Å²) in [7, 11) is 0. The quantitative estimate of drug-likeness (QED) is 0.522. The van der Waals surface area contributed by atoms with Gasteiger partial charge < -0.3 is 0 Å². The third-order valence-electron chi connectivity index (χ3n) is 2.84. The van der Waals surface area contributed by atoms with E-state index >= 15 is 0 Å². The van der Waals surface area contributed by atoms with Gasteiger partial charge in [0.2, 0.25) is 10.9 Å². The number of Topliss-reactive ketones (excluding diaryl/α,β-unsaturated/α-hetero) is 1. The van der Waals surface area contributed by atoms with E-state index in [-0.39, 0.29) is 10.8 Å². The van der Waals surface area contributed by atoms with Gasteiger partial charge in [0.05, 0.1) is 4.92 Å². The minimum absolute atomic E-state index is 0.0637. The summed E-state index contributed by atoms with van der Waals surface area (Å²) in [5, 5.41) is 21.4. The van der Waals surface area contributed by atoms with Crippen LogP contribution in [0, 0.1) is 15.5 Å². The lowest BCUT2D eigenvalue weighted by molar-refractivity contribution is -0.384. The first-order valence-electron chi connectivity index (χ1n) is 6.62. The summed E-state index contributed by atoms with van der Waals surface area (Å²) in [6.07, 6.45) is 0. The number of rotatable bonds is 4. The molecule has 2 rings (SSSR count). The van der Waals surface area contributed by atoms with Crippen molar-refractivity contribution in [2.45, 2.75) is 20.8 Å². The molecule has 9 heteroatoms. The molecule has 0 bridgehead atoms. The van der Waals surface area contributed by atoms with E-state index in [0.29, 0.717) is 10.6 Å². The van der Waals surface area contributed by atoms with Gasteiger partial charge in [-0.3, -0.25) is 25.0 Å². The summed E-state index contributed by atoms with van der Waals surface area (Å²) in [6, 6.07) is 5.93. The van der Waals surface area contributed by atoms with Crippen molar-refractivity contribution >= 4 is 33.8 Å². The Bertz CT molecular complexity index is 779. The number of nitro benzene ring substituents is 1. The van der Waals surface area contributed by atoms with Gasteiger partial charge in [0, 0.05) is 23.1 Å². The summed E-state index contributed by atoms with van der Waals surface area (Å²) < 4.78 is 0. The number of ketones is 1. The van der Waals surface area contributed by atoms with E-state index in [1.54, 1.807) is 26.8 Å². The number of amides is 1. The molecule has 0 aliphatic rings. The van der Waals surface area contributed by atoms with Crippen molar-refractivity contribution in [1.29, 1.82) is 0 Å². The van der Waals surface area contributed by atoms with Gasteiger partial charge in [-0.2, -0.15) is 0 Å². The second-order valence-corrected chi connectivity index (χ2v) is 6.73. The molecule has 120 valence electrons. The first-order valence-corrected chi connectivity index (χ1v) is 7.44. The first kappa shape index (κ1) is 16.7. The number of carbonyl (C=O) groups is 2. The molecule has 2 aromatic rings. The number of carbonyl (C=O) groups excluding carboxylic acids is 2. The molecule has 0 spiro atoms. The number of benzene rings is 1. The minimum Gasteiger partial charge on any atom is -0.294 e. The van der Waals surface area contributed by atoms with E-state index in [0.717, 1.165) is 11.3 Å². The molecule has 1 amide bonds. The highest BCUT2D eigenvalue weighted by molar-refractivity contribution is 7.18. The zero-order chi connectivity index (χ0) is 17.2. The highest BCUT2D eigenvalue weighted by atomic mass is 32.1. The smallest absolute Gasteiger partial charge is 0.294 e. The van der Waals surface area contributed by atoms with Crippen LogP contribution in [0.2, 0.25) is 0 Å². The lowest BCUT2D eigenvalue weighted by Crippen LogP contribution is -2.33. The van der Waals surface area contributed by atoms with Crippen molar-refractivity contribution in [3.63, 3.8) is 0 Å². The van der Waals surface area contributed by atoms with Crippen molar-refractivity contribution < 1.29 is 14.5 Å². The molecule has 8 nitrogen and oxygen atoms in total. The number of nitrogens with one attached hydrogen (secondary N) is 1. The second kappa shape index (κ2) is 6.21. The van der Waals surface area contributed by atoms with Gasteiger partial charge in [-0.05, 0) is 0 Å². The van der Waals surface area contributed by atoms with Crippen molar-refractivity contribution in [3.05, 3.63) is 34.4 Å². The van der Waals surface area contributed by atoms with Gasteiger partial charge >= 0.3 is 0 Å². The first-order chi connectivity index (χ1) is 10.7. The predicted molar refractivity (Wildman–Crippen MR) is 85.1 cm³/mol. The Morgan fingerprint density at radius 3 is 2.57 bits per heavy atom. The van der Waals surface area contributed by atoms with Gasteiger partial charge in [-0.25, -0.2) is 0 Å². The Balaban J connectivity index is 2.18. The van der Waals surface area contributed by atoms with Gasteiger partial charge in [0.25, 0.3) is 11.6 Å². The maximum atomic E-state index is 11.8. The van der Waals surface area contributed by atoms with Crippen molar-refractivity contribution in [2.75, 3.05) is 5.32 Å². The summed E-state index contributed by atoms with van der Waals surface area (Å²) >= 11 is 1.03. The molecule has 0 aliphatic heterocycles. The van der Waals surface area contributed by atoms with E-state index < -0.39 is 22.0 Å². The largest absolute Gasteiger partial charge is 0.294 e.